The minimum Gasteiger partial charge on any atom is -0.508 e. The van der Waals surface area contributed by atoms with Gasteiger partial charge in [-0.25, -0.2) is 0 Å². The van der Waals surface area contributed by atoms with E-state index in [1.807, 2.05) is 68.4 Å². The number of phenols is 1. The molecule has 0 spiro atoms. The largest absolute Gasteiger partial charge is 0.508 e. The molecule has 0 aliphatic heterocycles. The zero-order chi connectivity index (χ0) is 29.6. The molecular formula is C34H48N2O4. The van der Waals surface area contributed by atoms with Crippen LogP contribution in [0.2, 0.25) is 0 Å². The van der Waals surface area contributed by atoms with Crippen molar-refractivity contribution in [1.29, 1.82) is 0 Å². The van der Waals surface area contributed by atoms with Crippen LogP contribution in [0.4, 0.5) is 5.69 Å². The number of ether oxygens (including phenoxy) is 1. The zero-order valence-electron chi connectivity index (χ0n) is 25.0. The molecule has 0 bridgehead atoms. The van der Waals surface area contributed by atoms with Crippen molar-refractivity contribution in [2.75, 3.05) is 31.6 Å². The average Bonchev–Trinajstić information content (AvgIpc) is 2.96. The SMILES string of the molecule is CCCCCCOC=O.CCN(CC)CC(=O)Nc1c(C)cccc1C.Oc1ccccc1Cc1ccccc1. The summed E-state index contributed by atoms with van der Waals surface area (Å²) in [5.74, 6) is 0.433. The standard InChI is InChI=1S/C14H22N2O.C13H12O.C7H14O2/c1-5-16(6-2)10-13(17)15-14-11(3)8-7-9-12(14)4;14-13-9-5-4-8-12(13)10-11-6-2-1-3-7-11;1-2-3-4-5-6-9-7-8/h7-9H,5-6,10H2,1-4H3,(H,15,17);1-9,14H,10H2;7H,2-6H2,1H3. The smallest absolute Gasteiger partial charge is 0.293 e. The van der Waals surface area contributed by atoms with Gasteiger partial charge < -0.3 is 15.2 Å². The van der Waals surface area contributed by atoms with Gasteiger partial charge in [0.1, 0.15) is 5.75 Å². The lowest BCUT2D eigenvalue weighted by molar-refractivity contribution is -0.128. The Morgan fingerprint density at radius 3 is 2.05 bits per heavy atom. The summed E-state index contributed by atoms with van der Waals surface area (Å²) in [7, 11) is 0. The van der Waals surface area contributed by atoms with Crippen LogP contribution in [-0.4, -0.2) is 48.6 Å². The molecule has 0 heterocycles. The van der Waals surface area contributed by atoms with Gasteiger partial charge in [0.15, 0.2) is 0 Å². The summed E-state index contributed by atoms with van der Waals surface area (Å²) in [6.45, 7) is 13.7. The molecule has 0 aromatic heterocycles. The highest BCUT2D eigenvalue weighted by atomic mass is 16.5. The Kier molecular flexibility index (Phi) is 18.2. The number of nitrogens with one attached hydrogen (secondary N) is 1. The van der Waals surface area contributed by atoms with Crippen molar-refractivity contribution in [2.45, 2.75) is 66.7 Å². The molecular weight excluding hydrogens is 500 g/mol. The molecule has 3 rings (SSSR count). The number of aryl methyl sites for hydroxylation is 2. The van der Waals surface area contributed by atoms with E-state index in [1.165, 1.54) is 24.8 Å². The Morgan fingerprint density at radius 2 is 1.48 bits per heavy atom. The van der Waals surface area contributed by atoms with Gasteiger partial charge in [-0.3, -0.25) is 14.5 Å². The van der Waals surface area contributed by atoms with Gasteiger partial charge in [0, 0.05) is 12.1 Å². The third kappa shape index (κ3) is 14.5. The molecule has 0 unspecified atom stereocenters. The highest BCUT2D eigenvalue weighted by Gasteiger charge is 2.10. The van der Waals surface area contributed by atoms with Gasteiger partial charge in [0.05, 0.1) is 13.2 Å². The predicted octanol–water partition coefficient (Wildman–Crippen LogP) is 7.31. The predicted molar refractivity (Wildman–Crippen MR) is 166 cm³/mol. The Labute approximate surface area is 241 Å². The molecule has 1 amide bonds. The number of phenolic OH excluding ortho intramolecular Hbond substituents is 1. The summed E-state index contributed by atoms with van der Waals surface area (Å²) in [5, 5.41) is 12.6. The number of aromatic hydroxyl groups is 1. The van der Waals surface area contributed by atoms with E-state index >= 15 is 0 Å². The van der Waals surface area contributed by atoms with Gasteiger partial charge in [-0.15, -0.1) is 0 Å². The van der Waals surface area contributed by atoms with Crippen LogP contribution in [0.1, 0.15) is 68.7 Å². The number of anilines is 1. The van der Waals surface area contributed by atoms with Crippen LogP contribution in [0.3, 0.4) is 0 Å². The molecule has 6 heteroatoms. The van der Waals surface area contributed by atoms with Crippen LogP contribution in [0.25, 0.3) is 0 Å². The lowest BCUT2D eigenvalue weighted by Crippen LogP contribution is -2.33. The first-order valence-corrected chi connectivity index (χ1v) is 14.3. The Bertz CT molecular complexity index is 1080. The fraction of sp³-hybridized carbons (Fsp3) is 0.412. The number of rotatable bonds is 13. The van der Waals surface area contributed by atoms with Crippen molar-refractivity contribution in [3.05, 3.63) is 95.1 Å². The van der Waals surface area contributed by atoms with Gasteiger partial charge in [-0.05, 0) is 61.7 Å². The van der Waals surface area contributed by atoms with E-state index in [4.69, 9.17) is 0 Å². The van der Waals surface area contributed by atoms with E-state index in [0.717, 1.165) is 48.3 Å². The lowest BCUT2D eigenvalue weighted by atomic mass is 10.0. The fourth-order valence-corrected chi connectivity index (χ4v) is 3.98. The van der Waals surface area contributed by atoms with E-state index in [-0.39, 0.29) is 5.91 Å². The van der Waals surface area contributed by atoms with Gasteiger partial charge >= 0.3 is 0 Å². The highest BCUT2D eigenvalue weighted by molar-refractivity contribution is 5.93. The van der Waals surface area contributed by atoms with Gasteiger partial charge in [0.25, 0.3) is 6.47 Å². The highest BCUT2D eigenvalue weighted by Crippen LogP contribution is 2.20. The summed E-state index contributed by atoms with van der Waals surface area (Å²) in [6.07, 6.45) is 5.42. The second-order valence-corrected chi connectivity index (χ2v) is 9.60. The molecule has 218 valence electrons. The summed E-state index contributed by atoms with van der Waals surface area (Å²) in [4.78, 5) is 23.6. The molecule has 3 aromatic carbocycles. The molecule has 0 fully saturated rings. The van der Waals surface area contributed by atoms with E-state index in [2.05, 4.69) is 47.9 Å². The Hall–Kier alpha value is -3.64. The minimum atomic E-state index is 0.0612. The van der Waals surface area contributed by atoms with Gasteiger partial charge in [0.2, 0.25) is 5.91 Å². The number of benzene rings is 3. The van der Waals surface area contributed by atoms with Crippen LogP contribution in [-0.2, 0) is 20.7 Å². The third-order valence-corrected chi connectivity index (χ3v) is 6.42. The topological polar surface area (TPSA) is 78.9 Å². The minimum absolute atomic E-state index is 0.0612. The normalized spacial score (nSPS) is 10.1. The lowest BCUT2D eigenvalue weighted by Gasteiger charge is -2.18. The number of carbonyl (C=O) groups excluding carboxylic acids is 2. The molecule has 2 N–H and O–H groups in total. The second kappa shape index (κ2) is 21.2. The Balaban J connectivity index is 0.000000315. The van der Waals surface area contributed by atoms with Crippen molar-refractivity contribution in [2.24, 2.45) is 0 Å². The van der Waals surface area contributed by atoms with E-state index in [0.29, 0.717) is 25.4 Å². The molecule has 0 saturated heterocycles. The summed E-state index contributed by atoms with van der Waals surface area (Å²) >= 11 is 0. The van der Waals surface area contributed by atoms with E-state index in [1.54, 1.807) is 6.07 Å². The van der Waals surface area contributed by atoms with E-state index in [9.17, 15) is 14.7 Å². The molecule has 0 aliphatic carbocycles. The number of para-hydroxylation sites is 2. The van der Waals surface area contributed by atoms with Crippen molar-refractivity contribution < 1.29 is 19.4 Å². The molecule has 0 radical (unpaired) electrons. The maximum Gasteiger partial charge on any atom is 0.293 e. The average molecular weight is 549 g/mol. The quantitative estimate of drug-likeness (QED) is 0.173. The van der Waals surface area contributed by atoms with Crippen LogP contribution in [0.5, 0.6) is 5.75 Å². The first kappa shape index (κ1) is 34.4. The maximum absolute atomic E-state index is 11.9. The second-order valence-electron chi connectivity index (χ2n) is 9.60. The van der Waals surface area contributed by atoms with Crippen molar-refractivity contribution in [3.63, 3.8) is 0 Å². The molecule has 0 aliphatic rings. The molecule has 40 heavy (non-hydrogen) atoms. The number of amides is 1. The number of hydrogen-bond acceptors (Lipinski definition) is 5. The van der Waals surface area contributed by atoms with Crippen molar-refractivity contribution in [1.82, 2.24) is 4.90 Å². The monoisotopic (exact) mass is 548 g/mol. The van der Waals surface area contributed by atoms with E-state index < -0.39 is 0 Å². The third-order valence-electron chi connectivity index (χ3n) is 6.42. The number of hydrogen-bond donors (Lipinski definition) is 2. The summed E-state index contributed by atoms with van der Waals surface area (Å²) in [6, 6.07) is 23.6. The summed E-state index contributed by atoms with van der Waals surface area (Å²) < 4.78 is 4.50. The Morgan fingerprint density at radius 1 is 0.850 bits per heavy atom. The summed E-state index contributed by atoms with van der Waals surface area (Å²) in [5.41, 5.74) is 5.35. The number of nitrogens with zero attached hydrogens (tertiary/aromatic N) is 1. The number of likely N-dealkylation sites (N-methyl/N-ethyl adjacent to an activating group) is 1. The molecule has 6 nitrogen and oxygen atoms in total. The number of carbonyl (C=O) groups is 2. The van der Waals surface area contributed by atoms with Crippen molar-refractivity contribution in [3.8, 4) is 5.75 Å². The van der Waals surface area contributed by atoms with Crippen LogP contribution in [0, 0.1) is 13.8 Å². The van der Waals surface area contributed by atoms with Gasteiger partial charge in [-0.2, -0.15) is 0 Å². The fourth-order valence-electron chi connectivity index (χ4n) is 3.98. The van der Waals surface area contributed by atoms with Crippen LogP contribution in [0.15, 0.2) is 72.8 Å². The van der Waals surface area contributed by atoms with Crippen LogP contribution >= 0.6 is 0 Å². The maximum atomic E-state index is 11.9. The molecule has 3 aromatic rings. The van der Waals surface area contributed by atoms with Crippen LogP contribution < -0.4 is 5.32 Å². The van der Waals surface area contributed by atoms with Gasteiger partial charge in [-0.1, -0.05) is 107 Å². The first-order valence-electron chi connectivity index (χ1n) is 14.3. The van der Waals surface area contributed by atoms with Crippen molar-refractivity contribution >= 4 is 18.1 Å². The first-order chi connectivity index (χ1) is 19.4. The molecule has 0 atom stereocenters. The molecule has 0 saturated carbocycles. The zero-order valence-corrected chi connectivity index (χ0v) is 25.0. The number of unbranched alkanes of at least 4 members (excludes halogenated alkanes) is 3.